The number of hydrogen-bond acceptors (Lipinski definition) is 2. The van der Waals surface area contributed by atoms with E-state index >= 15 is 0 Å². The smallest absolute Gasteiger partial charge is 0.141 e. The Labute approximate surface area is 100 Å². The molecule has 0 aliphatic rings. The first-order valence-electron chi connectivity index (χ1n) is 5.81. The summed E-state index contributed by atoms with van der Waals surface area (Å²) >= 11 is 0. The highest BCUT2D eigenvalue weighted by Gasteiger charge is 2.13. The number of hydrogen-bond donors (Lipinski definition) is 0. The molecule has 0 saturated carbocycles. The largest absolute Gasteiger partial charge is 0.295 e. The zero-order chi connectivity index (χ0) is 12.2. The number of aromatic nitrogens is 3. The Morgan fingerprint density at radius 1 is 1.06 bits per heavy atom. The molecule has 3 aromatic rings. The molecule has 3 nitrogen and oxygen atoms in total. The minimum atomic E-state index is 1.05. The Kier molecular flexibility index (Phi) is 1.99. The number of pyridine rings is 2. The molecule has 0 atom stereocenters. The summed E-state index contributed by atoms with van der Waals surface area (Å²) in [5.41, 5.74) is 7.98. The van der Waals surface area contributed by atoms with E-state index in [1.165, 1.54) is 16.8 Å². The van der Waals surface area contributed by atoms with Crippen LogP contribution >= 0.6 is 0 Å². The normalized spacial score (nSPS) is 11.5. The molecule has 0 saturated heterocycles. The van der Waals surface area contributed by atoms with Gasteiger partial charge in [-0.1, -0.05) is 0 Å². The van der Waals surface area contributed by atoms with Gasteiger partial charge in [-0.15, -0.1) is 0 Å². The molecule has 0 aromatic carbocycles. The number of fused-ring (bicyclic) bond motifs is 3. The average Bonchev–Trinajstić information content (AvgIpc) is 2.63. The van der Waals surface area contributed by atoms with Crippen LogP contribution in [0.5, 0.6) is 0 Å². The van der Waals surface area contributed by atoms with Gasteiger partial charge >= 0.3 is 0 Å². The Hall–Kier alpha value is -1.90. The third-order valence-electron chi connectivity index (χ3n) is 3.62. The van der Waals surface area contributed by atoms with Gasteiger partial charge in [0, 0.05) is 11.9 Å². The molecule has 0 bridgehead atoms. The first kappa shape index (κ1) is 10.3. The Morgan fingerprint density at radius 3 is 2.59 bits per heavy atom. The summed E-state index contributed by atoms with van der Waals surface area (Å²) in [5.74, 6) is 0. The van der Waals surface area contributed by atoms with Crippen LogP contribution < -0.4 is 0 Å². The average molecular weight is 225 g/mol. The van der Waals surface area contributed by atoms with Gasteiger partial charge in [0.2, 0.25) is 0 Å². The third kappa shape index (κ3) is 1.22. The van der Waals surface area contributed by atoms with Gasteiger partial charge in [-0.3, -0.25) is 9.38 Å². The molecule has 3 rings (SSSR count). The van der Waals surface area contributed by atoms with E-state index in [1.807, 2.05) is 12.3 Å². The molecule has 3 heteroatoms. The van der Waals surface area contributed by atoms with Crippen molar-refractivity contribution in [1.82, 2.24) is 14.4 Å². The van der Waals surface area contributed by atoms with Crippen LogP contribution in [0.2, 0.25) is 0 Å². The summed E-state index contributed by atoms with van der Waals surface area (Å²) in [4.78, 5) is 9.15. The predicted molar refractivity (Wildman–Crippen MR) is 69.4 cm³/mol. The van der Waals surface area contributed by atoms with Crippen LogP contribution in [0, 0.1) is 27.7 Å². The third-order valence-corrected chi connectivity index (χ3v) is 3.62. The SMILES string of the molecule is Cc1nc2c(C)c(C)c3ncccc3n2c1C. The molecule has 17 heavy (non-hydrogen) atoms. The lowest BCUT2D eigenvalue weighted by Crippen LogP contribution is -1.98. The molecule has 3 aromatic heterocycles. The molecular formula is C14H15N3. The van der Waals surface area contributed by atoms with Gasteiger partial charge in [-0.2, -0.15) is 0 Å². The monoisotopic (exact) mass is 225 g/mol. The predicted octanol–water partition coefficient (Wildman–Crippen LogP) is 3.12. The van der Waals surface area contributed by atoms with E-state index < -0.39 is 0 Å². The molecule has 0 fully saturated rings. The molecule has 0 N–H and O–H groups in total. The summed E-state index contributed by atoms with van der Waals surface area (Å²) in [6.07, 6.45) is 1.85. The minimum absolute atomic E-state index is 1.05. The molecule has 86 valence electrons. The molecular weight excluding hydrogens is 210 g/mol. The van der Waals surface area contributed by atoms with E-state index in [4.69, 9.17) is 0 Å². The molecule has 3 heterocycles. The van der Waals surface area contributed by atoms with Gasteiger partial charge in [0.05, 0.1) is 16.7 Å². The topological polar surface area (TPSA) is 30.2 Å². The van der Waals surface area contributed by atoms with Crippen LogP contribution in [0.15, 0.2) is 18.3 Å². The lowest BCUT2D eigenvalue weighted by Gasteiger charge is -2.09. The van der Waals surface area contributed by atoms with E-state index in [-0.39, 0.29) is 0 Å². The van der Waals surface area contributed by atoms with Gasteiger partial charge in [0.25, 0.3) is 0 Å². The van der Waals surface area contributed by atoms with E-state index in [0.29, 0.717) is 0 Å². The number of nitrogens with zero attached hydrogens (tertiary/aromatic N) is 3. The van der Waals surface area contributed by atoms with E-state index in [9.17, 15) is 0 Å². The zero-order valence-corrected chi connectivity index (χ0v) is 10.6. The fraction of sp³-hybridized carbons (Fsp3) is 0.286. The van der Waals surface area contributed by atoms with Crippen molar-refractivity contribution in [3.63, 3.8) is 0 Å². The van der Waals surface area contributed by atoms with Crippen molar-refractivity contribution in [3.05, 3.63) is 40.8 Å². The second kappa shape index (κ2) is 3.29. The highest BCUT2D eigenvalue weighted by atomic mass is 15.0. The van der Waals surface area contributed by atoms with Crippen molar-refractivity contribution in [2.24, 2.45) is 0 Å². The van der Waals surface area contributed by atoms with Crippen LogP contribution in [0.3, 0.4) is 0 Å². The quantitative estimate of drug-likeness (QED) is 0.588. The van der Waals surface area contributed by atoms with Crippen molar-refractivity contribution < 1.29 is 0 Å². The van der Waals surface area contributed by atoms with Crippen molar-refractivity contribution in [2.45, 2.75) is 27.7 Å². The maximum Gasteiger partial charge on any atom is 0.141 e. The highest BCUT2D eigenvalue weighted by molar-refractivity contribution is 5.84. The van der Waals surface area contributed by atoms with E-state index in [0.717, 1.165) is 22.4 Å². The Morgan fingerprint density at radius 2 is 1.82 bits per heavy atom. The first-order valence-corrected chi connectivity index (χ1v) is 5.81. The van der Waals surface area contributed by atoms with Gasteiger partial charge in [0.1, 0.15) is 5.65 Å². The van der Waals surface area contributed by atoms with Gasteiger partial charge in [0.15, 0.2) is 0 Å². The summed E-state index contributed by atoms with van der Waals surface area (Å²) in [7, 11) is 0. The van der Waals surface area contributed by atoms with E-state index in [2.05, 4.69) is 48.1 Å². The summed E-state index contributed by atoms with van der Waals surface area (Å²) in [5, 5.41) is 0. The molecule has 0 aliphatic carbocycles. The van der Waals surface area contributed by atoms with Crippen LogP contribution in [0.25, 0.3) is 16.7 Å². The second-order valence-corrected chi connectivity index (χ2v) is 4.56. The molecule has 0 aliphatic heterocycles. The summed E-state index contributed by atoms with van der Waals surface area (Å²) in [6.45, 7) is 8.39. The van der Waals surface area contributed by atoms with Gasteiger partial charge in [-0.05, 0) is 51.0 Å². The fourth-order valence-electron chi connectivity index (χ4n) is 2.37. The lowest BCUT2D eigenvalue weighted by molar-refractivity contribution is 1.12. The molecule has 0 radical (unpaired) electrons. The van der Waals surface area contributed by atoms with Crippen LogP contribution in [-0.2, 0) is 0 Å². The Bertz CT molecular complexity index is 738. The second-order valence-electron chi connectivity index (χ2n) is 4.56. The van der Waals surface area contributed by atoms with Gasteiger partial charge < -0.3 is 0 Å². The molecule has 0 amide bonds. The first-order chi connectivity index (χ1) is 8.11. The van der Waals surface area contributed by atoms with Crippen molar-refractivity contribution >= 4 is 16.7 Å². The van der Waals surface area contributed by atoms with E-state index in [1.54, 1.807) is 0 Å². The van der Waals surface area contributed by atoms with Crippen molar-refractivity contribution in [3.8, 4) is 0 Å². The summed E-state index contributed by atoms with van der Waals surface area (Å²) in [6, 6.07) is 4.08. The number of rotatable bonds is 0. The molecule has 0 unspecified atom stereocenters. The number of aryl methyl sites for hydroxylation is 4. The van der Waals surface area contributed by atoms with Crippen molar-refractivity contribution in [1.29, 1.82) is 0 Å². The Balaban J connectivity index is 2.71. The highest BCUT2D eigenvalue weighted by Crippen LogP contribution is 2.25. The number of imidazole rings is 1. The minimum Gasteiger partial charge on any atom is -0.295 e. The van der Waals surface area contributed by atoms with Crippen LogP contribution in [0.4, 0.5) is 0 Å². The zero-order valence-electron chi connectivity index (χ0n) is 10.6. The van der Waals surface area contributed by atoms with Gasteiger partial charge in [-0.25, -0.2) is 4.98 Å². The van der Waals surface area contributed by atoms with Crippen LogP contribution in [0.1, 0.15) is 22.5 Å². The fourth-order valence-corrected chi connectivity index (χ4v) is 2.37. The standard InChI is InChI=1S/C14H15N3/c1-8-9(2)14-16-10(3)11(4)17(14)12-6-5-7-15-13(8)12/h5-7H,1-4H3. The molecule has 0 spiro atoms. The maximum atomic E-state index is 4.66. The van der Waals surface area contributed by atoms with Crippen molar-refractivity contribution in [2.75, 3.05) is 0 Å². The lowest BCUT2D eigenvalue weighted by atomic mass is 10.1. The van der Waals surface area contributed by atoms with Crippen LogP contribution in [-0.4, -0.2) is 14.4 Å². The summed E-state index contributed by atoms with van der Waals surface area (Å²) < 4.78 is 2.21. The maximum absolute atomic E-state index is 4.66.